The molecule has 0 spiro atoms. The van der Waals surface area contributed by atoms with E-state index in [9.17, 15) is 0 Å². The van der Waals surface area contributed by atoms with Crippen molar-refractivity contribution in [1.29, 1.82) is 0 Å². The van der Waals surface area contributed by atoms with Crippen molar-refractivity contribution in [2.45, 2.75) is 21.8 Å². The summed E-state index contributed by atoms with van der Waals surface area (Å²) in [5.74, 6) is 0. The van der Waals surface area contributed by atoms with Crippen molar-refractivity contribution >= 4 is 16.6 Å². The largest absolute Gasteiger partial charge is 1.00 e. The zero-order valence-corrected chi connectivity index (χ0v) is 10.4. The van der Waals surface area contributed by atoms with Crippen molar-refractivity contribution in [2.75, 3.05) is 5.73 Å². The summed E-state index contributed by atoms with van der Waals surface area (Å²) < 4.78 is 2.14. The zero-order chi connectivity index (χ0) is 9.42. The van der Waals surface area contributed by atoms with Gasteiger partial charge in [-0.15, -0.1) is 0 Å². The number of para-hydroxylation sites is 1. The number of pyridine rings is 1. The molecule has 2 aromatic rings. The van der Waals surface area contributed by atoms with Crippen LogP contribution >= 0.6 is 0 Å². The number of nitrogens with two attached hydrogens (primary N) is 1. The summed E-state index contributed by atoms with van der Waals surface area (Å²) >= 11 is 0. The van der Waals surface area contributed by atoms with Crippen LogP contribution in [0.3, 0.4) is 0 Å². The summed E-state index contributed by atoms with van der Waals surface area (Å²) in [5.41, 5.74) is 9.12. The molecule has 1 aromatic carbocycles. The van der Waals surface area contributed by atoms with E-state index in [2.05, 4.69) is 24.6 Å². The van der Waals surface area contributed by atoms with E-state index >= 15 is 0 Å². The third-order valence-corrected chi connectivity index (χ3v) is 2.47. The number of benzene rings is 1. The second kappa shape index (κ2) is 6.68. The number of anilines is 1. The lowest BCUT2D eigenvalue weighted by atomic mass is 10.1. The third kappa shape index (κ3) is 2.84. The number of fused-ring (bicyclic) bond motifs is 1. The van der Waals surface area contributed by atoms with Crippen LogP contribution in [-0.4, -0.2) is 0 Å². The van der Waals surface area contributed by atoms with Crippen molar-refractivity contribution in [3.63, 3.8) is 0 Å². The second-order valence-electron chi connectivity index (χ2n) is 3.32. The van der Waals surface area contributed by atoms with E-state index in [0.29, 0.717) is 0 Å². The van der Waals surface area contributed by atoms with Crippen molar-refractivity contribution in [1.82, 2.24) is 0 Å². The molecule has 0 fully saturated rings. The predicted molar refractivity (Wildman–Crippen MR) is 67.7 cm³/mol. The molecule has 2 nitrogen and oxygen atoms in total. The van der Waals surface area contributed by atoms with Crippen LogP contribution in [0.1, 0.15) is 20.5 Å². The molecule has 3 heteroatoms. The first-order valence-corrected chi connectivity index (χ1v) is 4.34. The standard InChI is InChI=1S/C11H12N2.2CH4.HI/c1-8-7-10(12)9-5-3-4-6-11(9)13(8)2;;;/h3-7,12H,1-2H3;2*1H4;1H. The molecule has 1 heterocycles. The van der Waals surface area contributed by atoms with Crippen LogP contribution in [-0.2, 0) is 7.05 Å². The number of nitrogen functional groups attached to an aromatic ring is 1. The van der Waals surface area contributed by atoms with Crippen LogP contribution in [0, 0.1) is 6.92 Å². The molecule has 1 aromatic heterocycles. The van der Waals surface area contributed by atoms with E-state index in [4.69, 9.17) is 5.73 Å². The molecule has 0 bridgehead atoms. The van der Waals surface area contributed by atoms with Gasteiger partial charge in [0.25, 0.3) is 0 Å². The van der Waals surface area contributed by atoms with Gasteiger partial charge in [-0.3, -0.25) is 0 Å². The van der Waals surface area contributed by atoms with Crippen LogP contribution in [0.25, 0.3) is 10.9 Å². The molecule has 0 aliphatic carbocycles. The fourth-order valence-electron chi connectivity index (χ4n) is 1.60. The van der Waals surface area contributed by atoms with E-state index in [1.54, 1.807) is 0 Å². The highest BCUT2D eigenvalue weighted by Gasteiger charge is 2.09. The first kappa shape index (κ1) is 17.6. The minimum Gasteiger partial charge on any atom is -1.00 e. The monoisotopic (exact) mass is 332 g/mol. The lowest BCUT2D eigenvalue weighted by Crippen LogP contribution is -3.00. The molecule has 0 aliphatic heterocycles. The number of aromatic nitrogens is 1. The van der Waals surface area contributed by atoms with E-state index in [0.717, 1.165) is 11.1 Å². The summed E-state index contributed by atoms with van der Waals surface area (Å²) in [7, 11) is 2.05. The number of rotatable bonds is 0. The number of aryl methyl sites for hydroxylation is 2. The van der Waals surface area contributed by atoms with Gasteiger partial charge in [0.1, 0.15) is 7.05 Å². The molecule has 0 saturated heterocycles. The quantitative estimate of drug-likeness (QED) is 0.527. The van der Waals surface area contributed by atoms with Gasteiger partial charge < -0.3 is 29.7 Å². The maximum Gasteiger partial charge on any atom is 0.214 e. The molecule has 0 amide bonds. The Balaban J connectivity index is 0. The Morgan fingerprint density at radius 3 is 2.31 bits per heavy atom. The zero-order valence-electron chi connectivity index (χ0n) is 8.29. The van der Waals surface area contributed by atoms with Crippen LogP contribution < -0.4 is 34.3 Å². The Morgan fingerprint density at radius 2 is 1.69 bits per heavy atom. The highest BCUT2D eigenvalue weighted by molar-refractivity contribution is 5.87. The Kier molecular flexibility index (Phi) is 7.33. The highest BCUT2D eigenvalue weighted by atomic mass is 127. The van der Waals surface area contributed by atoms with Gasteiger partial charge in [0.2, 0.25) is 5.52 Å². The number of nitrogens with zero attached hydrogens (tertiary/aromatic N) is 1. The number of hydrogen-bond acceptors (Lipinski definition) is 1. The Labute approximate surface area is 115 Å². The minimum atomic E-state index is 0. The topological polar surface area (TPSA) is 29.9 Å². The van der Waals surface area contributed by atoms with Crippen LogP contribution in [0.2, 0.25) is 0 Å². The molecule has 2 rings (SSSR count). The molecule has 0 atom stereocenters. The van der Waals surface area contributed by atoms with Gasteiger partial charge in [0, 0.05) is 19.1 Å². The summed E-state index contributed by atoms with van der Waals surface area (Å²) in [5, 5.41) is 1.12. The maximum absolute atomic E-state index is 5.91. The van der Waals surface area contributed by atoms with Crippen molar-refractivity contribution < 1.29 is 28.5 Å². The van der Waals surface area contributed by atoms with E-state index < -0.39 is 0 Å². The summed E-state index contributed by atoms with van der Waals surface area (Å²) in [4.78, 5) is 0. The molecule has 2 N–H and O–H groups in total. The lowest BCUT2D eigenvalue weighted by molar-refractivity contribution is -0.651. The second-order valence-corrected chi connectivity index (χ2v) is 3.32. The molecule has 90 valence electrons. The van der Waals surface area contributed by atoms with Gasteiger partial charge in [0.05, 0.1) is 11.1 Å². The van der Waals surface area contributed by atoms with E-state index in [1.807, 2.05) is 24.3 Å². The fourth-order valence-corrected chi connectivity index (χ4v) is 1.60. The van der Waals surface area contributed by atoms with Crippen molar-refractivity contribution in [2.24, 2.45) is 7.05 Å². The summed E-state index contributed by atoms with van der Waals surface area (Å²) in [6.45, 7) is 2.06. The van der Waals surface area contributed by atoms with Crippen LogP contribution in [0.15, 0.2) is 30.3 Å². The molecule has 0 saturated carbocycles. The average Bonchev–Trinajstić information content (AvgIpc) is 2.15. The first-order valence-electron chi connectivity index (χ1n) is 4.34. The van der Waals surface area contributed by atoms with Gasteiger partial charge in [-0.2, -0.15) is 4.57 Å². The van der Waals surface area contributed by atoms with Gasteiger partial charge in [-0.1, -0.05) is 27.0 Å². The van der Waals surface area contributed by atoms with Gasteiger partial charge in [0.15, 0.2) is 5.69 Å². The highest BCUT2D eigenvalue weighted by Crippen LogP contribution is 2.17. The normalized spacial score (nSPS) is 8.62. The van der Waals surface area contributed by atoms with Crippen molar-refractivity contribution in [3.05, 3.63) is 36.0 Å². The Morgan fingerprint density at radius 1 is 1.12 bits per heavy atom. The van der Waals surface area contributed by atoms with Gasteiger partial charge in [-0.05, 0) is 6.07 Å². The average molecular weight is 332 g/mol. The fraction of sp³-hybridized carbons (Fsp3) is 0.308. The summed E-state index contributed by atoms with van der Waals surface area (Å²) in [6.07, 6.45) is 0. The minimum absolute atomic E-state index is 0. The predicted octanol–water partition coefficient (Wildman–Crippen LogP) is -0.169. The molecule has 0 aliphatic rings. The third-order valence-electron chi connectivity index (χ3n) is 2.47. The van der Waals surface area contributed by atoms with Crippen LogP contribution in [0.5, 0.6) is 0 Å². The van der Waals surface area contributed by atoms with E-state index in [-0.39, 0.29) is 38.8 Å². The van der Waals surface area contributed by atoms with E-state index in [1.165, 1.54) is 11.2 Å². The molecule has 0 radical (unpaired) electrons. The summed E-state index contributed by atoms with van der Waals surface area (Å²) in [6, 6.07) is 10.2. The van der Waals surface area contributed by atoms with Crippen molar-refractivity contribution in [3.8, 4) is 0 Å². The van der Waals surface area contributed by atoms with Crippen LogP contribution in [0.4, 0.5) is 5.69 Å². The molecular weight excluding hydrogens is 311 g/mol. The SMILES string of the molecule is C.C.Cc1cc(N)c2ccccc2[n+]1C.[I-]. The lowest BCUT2D eigenvalue weighted by Gasteiger charge is -2.02. The van der Waals surface area contributed by atoms with Gasteiger partial charge in [-0.25, -0.2) is 0 Å². The first-order chi connectivity index (χ1) is 6.20. The van der Waals surface area contributed by atoms with Gasteiger partial charge >= 0.3 is 0 Å². The molecule has 0 unspecified atom stereocenters. The number of halogens is 1. The molecular formula is C13H21IN2. The molecule has 16 heavy (non-hydrogen) atoms. The smallest absolute Gasteiger partial charge is 0.214 e. The Hall–Kier alpha value is -0.840. The Bertz CT molecular complexity index is 467. The number of hydrogen-bond donors (Lipinski definition) is 1. The maximum atomic E-state index is 5.91.